The lowest BCUT2D eigenvalue weighted by atomic mass is 9.93. The molecule has 0 spiro atoms. The monoisotopic (exact) mass is 709 g/mol. The zero-order valence-corrected chi connectivity index (χ0v) is 29.3. The number of anilines is 4. The lowest BCUT2D eigenvalue weighted by Gasteiger charge is -2.38. The summed E-state index contributed by atoms with van der Waals surface area (Å²) < 4.78 is 15.4. The molecule has 0 radical (unpaired) electrons. The van der Waals surface area contributed by atoms with Gasteiger partial charge >= 0.3 is 0 Å². The molecule has 7 rings (SSSR count). The van der Waals surface area contributed by atoms with Crippen LogP contribution in [0.25, 0.3) is 11.0 Å². The molecule has 2 saturated heterocycles. The molecule has 3 N–H and O–H groups in total. The second kappa shape index (κ2) is 15.5. The molecule has 3 amide bonds. The van der Waals surface area contributed by atoms with Crippen molar-refractivity contribution in [3.8, 4) is 0 Å². The highest BCUT2D eigenvalue weighted by Crippen LogP contribution is 2.33. The first-order chi connectivity index (χ1) is 25.3. The van der Waals surface area contributed by atoms with E-state index >= 15 is 4.39 Å². The van der Waals surface area contributed by atoms with E-state index in [4.69, 9.17) is 0 Å². The summed E-state index contributed by atoms with van der Waals surface area (Å²) in [4.78, 5) is 67.0. The number of benzene rings is 2. The van der Waals surface area contributed by atoms with Crippen molar-refractivity contribution >= 4 is 58.4 Å². The molecule has 3 aliphatic rings. The van der Waals surface area contributed by atoms with Gasteiger partial charge < -0.3 is 25.0 Å². The molecule has 5 heterocycles. The van der Waals surface area contributed by atoms with Gasteiger partial charge in [-0.25, -0.2) is 14.4 Å². The number of amides is 3. The normalized spacial score (nSPS) is 17.3. The van der Waals surface area contributed by atoms with E-state index in [9.17, 15) is 19.2 Å². The van der Waals surface area contributed by atoms with Crippen molar-refractivity contribution in [3.63, 3.8) is 0 Å². The van der Waals surface area contributed by atoms with Gasteiger partial charge in [0.05, 0.1) is 11.1 Å². The summed E-state index contributed by atoms with van der Waals surface area (Å²) >= 11 is 0. The van der Waals surface area contributed by atoms with Crippen LogP contribution in [-0.2, 0) is 16.1 Å². The molecule has 2 aromatic carbocycles. The number of rotatable bonds is 13. The van der Waals surface area contributed by atoms with E-state index < -0.39 is 0 Å². The van der Waals surface area contributed by atoms with E-state index in [0.717, 1.165) is 88.2 Å². The summed E-state index contributed by atoms with van der Waals surface area (Å²) in [5.74, 6) is 0.408. The Balaban J connectivity index is 0.850. The maximum absolute atomic E-state index is 15.4. The molecule has 52 heavy (non-hydrogen) atoms. The van der Waals surface area contributed by atoms with Crippen molar-refractivity contribution in [3.05, 3.63) is 71.4 Å². The van der Waals surface area contributed by atoms with E-state index in [1.807, 2.05) is 36.1 Å². The minimum Gasteiger partial charge on any atom is -0.369 e. The van der Waals surface area contributed by atoms with Crippen LogP contribution < -0.4 is 20.4 Å². The molecule has 0 saturated carbocycles. The lowest BCUT2D eigenvalue weighted by molar-refractivity contribution is -0.125. The Morgan fingerprint density at radius 3 is 2.60 bits per heavy atom. The minimum atomic E-state index is -0.335. The molecule has 1 unspecified atom stereocenters. The number of fused-ring (bicyclic) bond motifs is 2. The summed E-state index contributed by atoms with van der Waals surface area (Å²) in [5.41, 5.74) is 5.00. The largest absolute Gasteiger partial charge is 0.369 e. The number of halogens is 1. The number of nitrogens with one attached hydrogen (secondary N) is 3. The smallest absolute Gasteiger partial charge is 0.254 e. The maximum Gasteiger partial charge on any atom is 0.254 e. The zero-order chi connectivity index (χ0) is 36.2. The Bertz CT molecular complexity index is 1950. The van der Waals surface area contributed by atoms with Gasteiger partial charge in [-0.2, -0.15) is 0 Å². The van der Waals surface area contributed by atoms with Gasteiger partial charge in [-0.05, 0) is 87.0 Å². The number of aldehydes is 1. The van der Waals surface area contributed by atoms with Gasteiger partial charge in [0.25, 0.3) is 5.91 Å². The van der Waals surface area contributed by atoms with Crippen LogP contribution >= 0.6 is 0 Å². The first kappa shape index (κ1) is 35.1. The summed E-state index contributed by atoms with van der Waals surface area (Å²) in [7, 11) is 0. The molecular weight excluding hydrogens is 665 g/mol. The average Bonchev–Trinajstić information content (AvgIpc) is 3.74. The second-order valence-corrected chi connectivity index (χ2v) is 14.0. The van der Waals surface area contributed by atoms with Crippen LogP contribution in [0.1, 0.15) is 65.3 Å². The van der Waals surface area contributed by atoms with Crippen molar-refractivity contribution in [1.82, 2.24) is 30.1 Å². The predicted octanol–water partition coefficient (Wildman–Crippen LogP) is 4.48. The van der Waals surface area contributed by atoms with E-state index in [-0.39, 0.29) is 30.1 Å². The molecule has 2 aromatic heterocycles. The number of imide groups is 1. The summed E-state index contributed by atoms with van der Waals surface area (Å²) in [5, 5.41) is 5.87. The van der Waals surface area contributed by atoms with Crippen LogP contribution in [0.5, 0.6) is 0 Å². The fraction of sp³-hybridized carbons (Fsp3) is 0.421. The molecule has 4 aromatic rings. The fourth-order valence-electron chi connectivity index (χ4n) is 7.73. The Hall–Kier alpha value is -5.37. The Labute approximate surface area is 301 Å². The van der Waals surface area contributed by atoms with Crippen LogP contribution in [-0.4, -0.2) is 101 Å². The Morgan fingerprint density at radius 1 is 1.04 bits per heavy atom. The third-order valence-electron chi connectivity index (χ3n) is 10.8. The van der Waals surface area contributed by atoms with Gasteiger partial charge in [0, 0.05) is 87.0 Å². The molecular formula is C38H44FN9O4. The first-order valence-corrected chi connectivity index (χ1v) is 18.0. The Morgan fingerprint density at radius 2 is 1.85 bits per heavy atom. The molecule has 1 atom stereocenters. The zero-order valence-electron chi connectivity index (χ0n) is 29.3. The van der Waals surface area contributed by atoms with Gasteiger partial charge in [0.15, 0.2) is 6.29 Å². The van der Waals surface area contributed by atoms with Gasteiger partial charge in [-0.3, -0.25) is 29.4 Å². The van der Waals surface area contributed by atoms with E-state index in [2.05, 4.69) is 46.4 Å². The van der Waals surface area contributed by atoms with Crippen LogP contribution in [0.4, 0.5) is 27.3 Å². The molecule has 0 aliphatic carbocycles. The molecule has 272 valence electrons. The van der Waals surface area contributed by atoms with Crippen molar-refractivity contribution in [1.29, 1.82) is 0 Å². The van der Waals surface area contributed by atoms with E-state index in [1.54, 1.807) is 6.20 Å². The number of carbonyl (C=O) groups is 4. The number of piperazine rings is 1. The number of piperidine rings is 1. The van der Waals surface area contributed by atoms with Crippen LogP contribution in [0, 0.1) is 11.7 Å². The third kappa shape index (κ3) is 7.47. The molecule has 2 fully saturated rings. The van der Waals surface area contributed by atoms with Gasteiger partial charge in [-0.1, -0.05) is 0 Å². The quantitative estimate of drug-likeness (QED) is 0.170. The molecule has 3 aliphatic heterocycles. The summed E-state index contributed by atoms with van der Waals surface area (Å²) in [6, 6.07) is 11.1. The molecule has 14 heteroatoms. The average molecular weight is 710 g/mol. The lowest BCUT2D eigenvalue weighted by Crippen LogP contribution is -2.47. The number of aromatic nitrogens is 3. The van der Waals surface area contributed by atoms with E-state index in [1.165, 1.54) is 12.4 Å². The number of carbonyl (C=O) groups excluding carboxylic acids is 4. The van der Waals surface area contributed by atoms with Crippen molar-refractivity contribution in [2.75, 3.05) is 60.9 Å². The highest BCUT2D eigenvalue weighted by atomic mass is 19.1. The van der Waals surface area contributed by atoms with Crippen LogP contribution in [0.3, 0.4) is 0 Å². The number of hydrogen-bond donors (Lipinski definition) is 3. The highest BCUT2D eigenvalue weighted by molar-refractivity contribution is 6.02. The van der Waals surface area contributed by atoms with Crippen LogP contribution in [0.2, 0.25) is 0 Å². The highest BCUT2D eigenvalue weighted by Gasteiger charge is 2.32. The standard InChI is InChI=1S/C38H44FN9O4/c1-25(2-7-34(51)43-24-50)48-21-27-18-30(4-5-31(27)38(48)52)46-16-14-45(15-17-46)11-8-26-9-12-47(13-10-26)33-6-3-29(19-32(33)39)44-37-35-28(22-49)20-40-36(35)41-23-42-37/h3-6,18-20,22-26H,2,7-17,21H2,1H3,(H,43,50,51)(H2,40,41,42,44). The van der Waals surface area contributed by atoms with Crippen molar-refractivity contribution < 1.29 is 23.6 Å². The number of H-pyrrole nitrogens is 1. The third-order valence-corrected chi connectivity index (χ3v) is 10.8. The van der Waals surface area contributed by atoms with E-state index in [0.29, 0.717) is 59.1 Å². The Kier molecular flexibility index (Phi) is 10.4. The molecule has 13 nitrogen and oxygen atoms in total. The topological polar surface area (TPSA) is 147 Å². The summed E-state index contributed by atoms with van der Waals surface area (Å²) in [6.07, 6.45) is 7.97. The summed E-state index contributed by atoms with van der Waals surface area (Å²) in [6.45, 7) is 8.95. The number of hydrogen-bond acceptors (Lipinski definition) is 10. The van der Waals surface area contributed by atoms with Gasteiger partial charge in [0.2, 0.25) is 12.3 Å². The van der Waals surface area contributed by atoms with Crippen molar-refractivity contribution in [2.24, 2.45) is 5.92 Å². The number of aromatic amines is 1. The minimum absolute atomic E-state index is 0.00929. The fourth-order valence-corrected chi connectivity index (χ4v) is 7.73. The maximum atomic E-state index is 15.4. The SMILES string of the molecule is CC(CCC(=O)NC=O)N1Cc2cc(N3CCN(CCC4CCN(c5ccc(Nc6ncnc7[nH]cc(C=O)c67)cc5F)CC4)CC3)ccc2C1=O. The molecule has 0 bridgehead atoms. The predicted molar refractivity (Wildman–Crippen MR) is 196 cm³/mol. The van der Waals surface area contributed by atoms with Crippen molar-refractivity contribution in [2.45, 2.75) is 51.6 Å². The first-order valence-electron chi connectivity index (χ1n) is 18.0. The van der Waals surface area contributed by atoms with Crippen LogP contribution in [0.15, 0.2) is 48.9 Å². The second-order valence-electron chi connectivity index (χ2n) is 14.0. The van der Waals surface area contributed by atoms with Gasteiger partial charge in [0.1, 0.15) is 23.6 Å². The van der Waals surface area contributed by atoms with Gasteiger partial charge in [-0.15, -0.1) is 0 Å². The number of nitrogens with zero attached hydrogens (tertiary/aromatic N) is 6.